The Balaban J connectivity index is 1.39. The molecule has 5 rings (SSSR count). The highest BCUT2D eigenvalue weighted by molar-refractivity contribution is 7.09. The van der Waals surface area contributed by atoms with Crippen LogP contribution in [0.15, 0.2) is 54.0 Å². The van der Waals surface area contributed by atoms with Crippen LogP contribution in [0.2, 0.25) is 0 Å². The fourth-order valence-corrected chi connectivity index (χ4v) is 5.36. The van der Waals surface area contributed by atoms with Crippen molar-refractivity contribution in [3.8, 4) is 5.75 Å². The maximum atomic E-state index is 13.4. The molecule has 0 spiro atoms. The molecule has 7 nitrogen and oxygen atoms in total. The smallest absolute Gasteiger partial charge is 0.252 e. The minimum absolute atomic E-state index is 0.0986. The van der Waals surface area contributed by atoms with Crippen molar-refractivity contribution in [2.24, 2.45) is 0 Å². The largest absolute Gasteiger partial charge is 0.497 e. The van der Waals surface area contributed by atoms with Crippen LogP contribution in [0.1, 0.15) is 45.4 Å². The molecule has 0 radical (unpaired) electrons. The van der Waals surface area contributed by atoms with Gasteiger partial charge in [0.15, 0.2) is 5.65 Å². The van der Waals surface area contributed by atoms with Gasteiger partial charge in [0, 0.05) is 17.1 Å². The fraction of sp³-hybridized carbons (Fsp3) is 0.346. The monoisotopic (exact) mass is 475 g/mol. The van der Waals surface area contributed by atoms with E-state index in [0.29, 0.717) is 18.7 Å². The van der Waals surface area contributed by atoms with Crippen molar-refractivity contribution in [3.63, 3.8) is 0 Å². The molecule has 1 aromatic carbocycles. The Labute approximate surface area is 203 Å². The summed E-state index contributed by atoms with van der Waals surface area (Å²) in [6, 6.07) is 14.2. The third-order valence-corrected chi connectivity index (χ3v) is 7.24. The first-order valence-corrected chi connectivity index (χ1v) is 12.5. The van der Waals surface area contributed by atoms with Crippen molar-refractivity contribution in [1.29, 1.82) is 0 Å². The summed E-state index contributed by atoms with van der Waals surface area (Å²) in [5.41, 5.74) is 3.31. The second kappa shape index (κ2) is 9.95. The number of nitrogens with one attached hydrogen (secondary N) is 1. The average molecular weight is 476 g/mol. The van der Waals surface area contributed by atoms with Crippen LogP contribution in [-0.2, 0) is 6.54 Å². The molecule has 1 amide bonds. The van der Waals surface area contributed by atoms with Crippen LogP contribution in [0.3, 0.4) is 0 Å². The van der Waals surface area contributed by atoms with Gasteiger partial charge in [0.2, 0.25) is 0 Å². The fourth-order valence-electron chi connectivity index (χ4n) is 4.67. The predicted molar refractivity (Wildman–Crippen MR) is 135 cm³/mol. The van der Waals surface area contributed by atoms with Gasteiger partial charge in [-0.15, -0.1) is 11.3 Å². The van der Waals surface area contributed by atoms with Gasteiger partial charge in [0.1, 0.15) is 5.75 Å². The number of likely N-dealkylation sites (tertiary alicyclic amines) is 1. The maximum Gasteiger partial charge on any atom is 0.252 e. The van der Waals surface area contributed by atoms with Crippen LogP contribution >= 0.6 is 11.3 Å². The van der Waals surface area contributed by atoms with Gasteiger partial charge >= 0.3 is 0 Å². The molecule has 0 aliphatic carbocycles. The van der Waals surface area contributed by atoms with Crippen molar-refractivity contribution in [2.45, 2.75) is 32.4 Å². The van der Waals surface area contributed by atoms with Gasteiger partial charge in [-0.05, 0) is 68.1 Å². The third-order valence-electron chi connectivity index (χ3n) is 6.38. The number of pyridine rings is 1. The Morgan fingerprint density at radius 1 is 1.21 bits per heavy atom. The number of methoxy groups -OCH3 is 1. The van der Waals surface area contributed by atoms with Gasteiger partial charge in [-0.3, -0.25) is 9.69 Å². The second-order valence-corrected chi connectivity index (χ2v) is 9.71. The van der Waals surface area contributed by atoms with Crippen LogP contribution in [0.4, 0.5) is 0 Å². The maximum absolute atomic E-state index is 13.4. The summed E-state index contributed by atoms with van der Waals surface area (Å²) in [6.45, 7) is 5.16. The molecule has 4 heterocycles. The first-order valence-electron chi connectivity index (χ1n) is 11.6. The van der Waals surface area contributed by atoms with E-state index in [9.17, 15) is 4.79 Å². The predicted octanol–water partition coefficient (Wildman–Crippen LogP) is 4.43. The van der Waals surface area contributed by atoms with Crippen LogP contribution < -0.4 is 10.1 Å². The zero-order valence-corrected chi connectivity index (χ0v) is 20.3. The van der Waals surface area contributed by atoms with Crippen molar-refractivity contribution in [3.05, 3.63) is 75.7 Å². The van der Waals surface area contributed by atoms with E-state index in [4.69, 9.17) is 4.74 Å². The molecule has 1 aliphatic rings. The molecule has 0 unspecified atom stereocenters. The lowest BCUT2D eigenvalue weighted by atomic mass is 10.0. The number of carbonyl (C=O) groups is 1. The number of aromatic nitrogens is 3. The first-order chi connectivity index (χ1) is 16.6. The number of thiophene rings is 1. The molecule has 1 aliphatic heterocycles. The molecule has 34 heavy (non-hydrogen) atoms. The first kappa shape index (κ1) is 22.6. The molecule has 8 heteroatoms. The molecule has 4 aromatic rings. The van der Waals surface area contributed by atoms with Crippen molar-refractivity contribution >= 4 is 28.3 Å². The SMILES string of the molecule is COc1cccc([C@H](CNC(=O)c2cc(C)nc3c2cnn3Cc2cccs2)N2CCCC2)c1. The summed E-state index contributed by atoms with van der Waals surface area (Å²) in [6.07, 6.45) is 4.12. The zero-order valence-electron chi connectivity index (χ0n) is 19.5. The van der Waals surface area contributed by atoms with Gasteiger partial charge in [-0.2, -0.15) is 5.10 Å². The molecular weight excluding hydrogens is 446 g/mol. The molecule has 1 fully saturated rings. The summed E-state index contributed by atoms with van der Waals surface area (Å²) in [4.78, 5) is 21.7. The lowest BCUT2D eigenvalue weighted by Crippen LogP contribution is -2.37. The Morgan fingerprint density at radius 3 is 2.82 bits per heavy atom. The van der Waals surface area contributed by atoms with Crippen molar-refractivity contribution < 1.29 is 9.53 Å². The molecule has 1 saturated heterocycles. The minimum Gasteiger partial charge on any atom is -0.497 e. The average Bonchev–Trinajstić information content (AvgIpc) is 3.63. The highest BCUT2D eigenvalue weighted by atomic mass is 32.1. The molecule has 0 bridgehead atoms. The van der Waals surface area contributed by atoms with Gasteiger partial charge in [0.05, 0.1) is 36.8 Å². The lowest BCUT2D eigenvalue weighted by Gasteiger charge is -2.28. The van der Waals surface area contributed by atoms with Crippen LogP contribution in [0.5, 0.6) is 5.75 Å². The van der Waals surface area contributed by atoms with E-state index in [1.54, 1.807) is 24.6 Å². The second-order valence-electron chi connectivity index (χ2n) is 8.68. The van der Waals surface area contributed by atoms with Crippen LogP contribution in [0, 0.1) is 6.92 Å². The van der Waals surface area contributed by atoms with E-state index in [-0.39, 0.29) is 11.9 Å². The summed E-state index contributed by atoms with van der Waals surface area (Å²) < 4.78 is 7.31. The highest BCUT2D eigenvalue weighted by Crippen LogP contribution is 2.27. The Hall–Kier alpha value is -3.23. The van der Waals surface area contributed by atoms with Crippen molar-refractivity contribution in [1.82, 2.24) is 25.0 Å². The van der Waals surface area contributed by atoms with Crippen LogP contribution in [0.25, 0.3) is 11.0 Å². The van der Waals surface area contributed by atoms with Gasteiger partial charge < -0.3 is 10.1 Å². The van der Waals surface area contributed by atoms with E-state index in [1.807, 2.05) is 35.9 Å². The number of hydrogen-bond donors (Lipinski definition) is 1. The quantitative estimate of drug-likeness (QED) is 0.408. The number of fused-ring (bicyclic) bond motifs is 1. The number of benzene rings is 1. The number of amides is 1. The van der Waals surface area contributed by atoms with E-state index in [0.717, 1.165) is 41.1 Å². The Bertz CT molecular complexity index is 1280. The summed E-state index contributed by atoms with van der Waals surface area (Å²) in [7, 11) is 1.68. The molecule has 1 atom stereocenters. The van der Waals surface area contributed by atoms with Gasteiger partial charge in [0.25, 0.3) is 5.91 Å². The summed E-state index contributed by atoms with van der Waals surface area (Å²) >= 11 is 1.69. The molecular formula is C26H29N5O2S. The van der Waals surface area contributed by atoms with Gasteiger partial charge in [-0.25, -0.2) is 9.67 Å². The van der Waals surface area contributed by atoms with E-state index in [1.165, 1.54) is 17.7 Å². The lowest BCUT2D eigenvalue weighted by molar-refractivity contribution is 0.0939. The highest BCUT2D eigenvalue weighted by Gasteiger charge is 2.25. The topological polar surface area (TPSA) is 72.3 Å². The van der Waals surface area contributed by atoms with Gasteiger partial charge in [-0.1, -0.05) is 18.2 Å². The summed E-state index contributed by atoms with van der Waals surface area (Å²) in [5.74, 6) is 0.732. The normalized spacial score (nSPS) is 15.0. The molecule has 3 aromatic heterocycles. The van der Waals surface area contributed by atoms with Crippen molar-refractivity contribution in [2.75, 3.05) is 26.7 Å². The number of ether oxygens (including phenoxy) is 1. The molecule has 1 N–H and O–H groups in total. The van der Waals surface area contributed by atoms with E-state index in [2.05, 4.69) is 43.9 Å². The number of aryl methyl sites for hydroxylation is 1. The Kier molecular flexibility index (Phi) is 6.60. The number of nitrogens with zero attached hydrogens (tertiary/aromatic N) is 4. The van der Waals surface area contributed by atoms with Crippen LogP contribution in [-0.4, -0.2) is 52.3 Å². The molecule has 176 valence electrons. The summed E-state index contributed by atoms with van der Waals surface area (Å²) in [5, 5.41) is 10.6. The third kappa shape index (κ3) is 4.69. The number of hydrogen-bond acceptors (Lipinski definition) is 6. The van der Waals surface area contributed by atoms with E-state index >= 15 is 0 Å². The number of rotatable bonds is 8. The van der Waals surface area contributed by atoms with E-state index < -0.39 is 0 Å². The molecule has 0 saturated carbocycles. The number of carbonyl (C=O) groups excluding carboxylic acids is 1. The standard InChI is InChI=1S/C26H29N5O2S/c1-18-13-22(23-15-28-31(25(23)29-18)17-21-9-6-12-34-21)26(32)27-16-24(30-10-3-4-11-30)19-7-5-8-20(14-19)33-2/h5-9,12-15,24H,3-4,10-11,16-17H2,1-2H3,(H,27,32)/t24-/m0/s1. The minimum atomic E-state index is -0.0988. The Morgan fingerprint density at radius 2 is 2.06 bits per heavy atom. The zero-order chi connectivity index (χ0) is 23.5.